The van der Waals surface area contributed by atoms with Gasteiger partial charge in [-0.1, -0.05) is 20.8 Å². The van der Waals surface area contributed by atoms with Crippen LogP contribution in [-0.2, 0) is 4.74 Å². The lowest BCUT2D eigenvalue weighted by atomic mass is 9.34. The molecule has 0 unspecified atom stereocenters. The maximum atomic E-state index is 11.5. The molecular formula is C15H24O5. The standard InChI is InChI=1S/C15H24O5/c1-8-4-5-14(18)11(2)7-20-15(19)10(17)13(8,14)6-9(16)12(11,15)3/h8-10,16-19H,4-7H2,1-3H3/t8-,9+,10-,11-,12-,13+,14+,15+/m1/s1. The number of aliphatic hydroxyl groups is 4. The largest absolute Gasteiger partial charge is 0.392 e. The molecular weight excluding hydrogens is 260 g/mol. The highest BCUT2D eigenvalue weighted by Crippen LogP contribution is 2.80. The van der Waals surface area contributed by atoms with E-state index in [0.717, 1.165) is 6.42 Å². The van der Waals surface area contributed by atoms with Gasteiger partial charge in [-0.3, -0.25) is 0 Å². The predicted molar refractivity (Wildman–Crippen MR) is 69.5 cm³/mol. The number of fused-ring (bicyclic) bond motifs is 1. The molecule has 1 saturated heterocycles. The van der Waals surface area contributed by atoms with E-state index in [1.165, 1.54) is 0 Å². The minimum Gasteiger partial charge on any atom is -0.392 e. The number of ether oxygens (including phenoxy) is 1. The monoisotopic (exact) mass is 284 g/mol. The molecule has 5 heteroatoms. The van der Waals surface area contributed by atoms with Gasteiger partial charge < -0.3 is 25.2 Å². The number of rotatable bonds is 0. The van der Waals surface area contributed by atoms with Gasteiger partial charge in [0.2, 0.25) is 5.79 Å². The van der Waals surface area contributed by atoms with Crippen LogP contribution in [0.3, 0.4) is 0 Å². The summed E-state index contributed by atoms with van der Waals surface area (Å²) in [6.07, 6.45) is -0.250. The van der Waals surface area contributed by atoms with Gasteiger partial charge in [-0.2, -0.15) is 0 Å². The van der Waals surface area contributed by atoms with Crippen LogP contribution in [0.5, 0.6) is 0 Å². The van der Waals surface area contributed by atoms with E-state index < -0.39 is 39.8 Å². The van der Waals surface area contributed by atoms with Crippen molar-refractivity contribution in [1.82, 2.24) is 0 Å². The van der Waals surface area contributed by atoms with Gasteiger partial charge in [0.05, 0.1) is 23.7 Å². The van der Waals surface area contributed by atoms with Gasteiger partial charge >= 0.3 is 0 Å². The summed E-state index contributed by atoms with van der Waals surface area (Å²) in [6.45, 7) is 5.80. The highest BCUT2D eigenvalue weighted by atomic mass is 16.7. The summed E-state index contributed by atoms with van der Waals surface area (Å²) in [4.78, 5) is 0. The molecule has 5 aliphatic rings. The SMILES string of the molecule is C[C@@H]1CC[C@@]2(O)[C@@]13C[C@H](O)[C@]1(C)[C@@]2(C)CO[C@@]1(O)[C@@H]3O. The lowest BCUT2D eigenvalue weighted by Crippen LogP contribution is -2.84. The topological polar surface area (TPSA) is 90.2 Å². The number of hydrogen-bond acceptors (Lipinski definition) is 5. The minimum absolute atomic E-state index is 0.0366. The van der Waals surface area contributed by atoms with E-state index in [0.29, 0.717) is 12.8 Å². The van der Waals surface area contributed by atoms with Crippen molar-refractivity contribution in [3.8, 4) is 0 Å². The van der Waals surface area contributed by atoms with Crippen LogP contribution in [-0.4, -0.2) is 50.6 Å². The Balaban J connectivity index is 2.08. The van der Waals surface area contributed by atoms with Crippen molar-refractivity contribution >= 4 is 0 Å². The molecule has 5 fully saturated rings. The highest BCUT2D eigenvalue weighted by Gasteiger charge is 2.90. The smallest absolute Gasteiger partial charge is 0.201 e. The fourth-order valence-corrected chi connectivity index (χ4v) is 6.43. The second-order valence-electron chi connectivity index (χ2n) is 7.98. The first kappa shape index (κ1) is 13.5. The predicted octanol–water partition coefficient (Wildman–Crippen LogP) is 0.00430. The van der Waals surface area contributed by atoms with E-state index in [2.05, 4.69) is 0 Å². The summed E-state index contributed by atoms with van der Waals surface area (Å²) < 4.78 is 5.62. The van der Waals surface area contributed by atoms with Crippen LogP contribution in [0.15, 0.2) is 0 Å². The molecule has 0 amide bonds. The van der Waals surface area contributed by atoms with E-state index in [9.17, 15) is 20.4 Å². The second-order valence-corrected chi connectivity index (χ2v) is 7.98. The quantitative estimate of drug-likeness (QED) is 0.503. The Hall–Kier alpha value is -0.200. The van der Waals surface area contributed by atoms with Crippen LogP contribution < -0.4 is 0 Å². The van der Waals surface area contributed by atoms with Gasteiger partial charge in [0.1, 0.15) is 6.10 Å². The van der Waals surface area contributed by atoms with Crippen molar-refractivity contribution in [2.75, 3.05) is 6.61 Å². The van der Waals surface area contributed by atoms with Crippen LogP contribution >= 0.6 is 0 Å². The fraction of sp³-hybridized carbons (Fsp3) is 1.00. The van der Waals surface area contributed by atoms with Crippen molar-refractivity contribution in [2.24, 2.45) is 22.2 Å². The van der Waals surface area contributed by atoms with Gasteiger partial charge in [-0.05, 0) is 25.2 Å². The Morgan fingerprint density at radius 3 is 2.45 bits per heavy atom. The van der Waals surface area contributed by atoms with Gasteiger partial charge in [-0.15, -0.1) is 0 Å². The average Bonchev–Trinajstić information content (AvgIpc) is 2.77. The lowest BCUT2D eigenvalue weighted by molar-refractivity contribution is -0.413. The summed E-state index contributed by atoms with van der Waals surface area (Å²) in [6, 6.07) is 0. The molecule has 20 heavy (non-hydrogen) atoms. The molecule has 0 aromatic heterocycles. The molecule has 1 heterocycles. The second kappa shape index (κ2) is 3.10. The molecule has 4 bridgehead atoms. The summed E-state index contributed by atoms with van der Waals surface area (Å²) in [5.74, 6) is -1.74. The molecule has 0 radical (unpaired) electrons. The van der Waals surface area contributed by atoms with Crippen LogP contribution in [0.1, 0.15) is 40.0 Å². The van der Waals surface area contributed by atoms with Gasteiger partial charge in [-0.25, -0.2) is 0 Å². The average molecular weight is 284 g/mol. The van der Waals surface area contributed by atoms with E-state index in [-0.39, 0.29) is 12.5 Å². The Bertz CT molecular complexity index is 495. The Morgan fingerprint density at radius 2 is 1.80 bits per heavy atom. The summed E-state index contributed by atoms with van der Waals surface area (Å²) >= 11 is 0. The molecule has 4 N–H and O–H groups in total. The van der Waals surface area contributed by atoms with Crippen LogP contribution in [0.2, 0.25) is 0 Å². The Morgan fingerprint density at radius 1 is 1.15 bits per heavy atom. The third kappa shape index (κ3) is 0.830. The van der Waals surface area contributed by atoms with Crippen LogP contribution in [0, 0.1) is 22.2 Å². The zero-order valence-corrected chi connectivity index (χ0v) is 12.3. The molecule has 5 nitrogen and oxygen atoms in total. The van der Waals surface area contributed by atoms with E-state index in [1.54, 1.807) is 6.92 Å². The molecule has 8 atom stereocenters. The normalized spacial score (nSPS) is 71.2. The van der Waals surface area contributed by atoms with Gasteiger partial charge in [0.15, 0.2) is 0 Å². The van der Waals surface area contributed by atoms with E-state index in [1.807, 2.05) is 13.8 Å². The summed E-state index contributed by atoms with van der Waals surface area (Å²) in [5, 5.41) is 44.1. The fourth-order valence-electron chi connectivity index (χ4n) is 6.43. The first-order chi connectivity index (χ1) is 9.12. The van der Waals surface area contributed by atoms with Crippen molar-refractivity contribution in [2.45, 2.75) is 63.6 Å². The zero-order valence-electron chi connectivity index (χ0n) is 12.3. The highest BCUT2D eigenvalue weighted by molar-refractivity contribution is 5.36. The van der Waals surface area contributed by atoms with E-state index in [4.69, 9.17) is 4.74 Å². The van der Waals surface area contributed by atoms with E-state index >= 15 is 0 Å². The van der Waals surface area contributed by atoms with Crippen molar-refractivity contribution in [3.63, 3.8) is 0 Å². The summed E-state index contributed by atoms with van der Waals surface area (Å²) in [7, 11) is 0. The van der Waals surface area contributed by atoms with Gasteiger partial charge in [0.25, 0.3) is 0 Å². The molecule has 114 valence electrons. The minimum atomic E-state index is -1.77. The lowest BCUT2D eigenvalue weighted by Gasteiger charge is -2.72. The maximum absolute atomic E-state index is 11.5. The van der Waals surface area contributed by atoms with Crippen LogP contribution in [0.25, 0.3) is 0 Å². The molecule has 5 rings (SSSR count). The first-order valence-corrected chi connectivity index (χ1v) is 7.57. The maximum Gasteiger partial charge on any atom is 0.201 e. The van der Waals surface area contributed by atoms with Crippen molar-refractivity contribution in [3.05, 3.63) is 0 Å². The molecule has 4 aliphatic carbocycles. The Kier molecular flexibility index (Phi) is 2.09. The molecule has 1 aliphatic heterocycles. The Labute approximate surface area is 118 Å². The zero-order chi connectivity index (χ0) is 14.8. The number of aliphatic hydroxyl groups excluding tert-OH is 2. The van der Waals surface area contributed by atoms with Gasteiger partial charge in [0, 0.05) is 10.8 Å². The molecule has 0 aromatic rings. The first-order valence-electron chi connectivity index (χ1n) is 7.57. The third-order valence-corrected chi connectivity index (χ3v) is 8.03. The third-order valence-electron chi connectivity index (χ3n) is 8.03. The number of hydrogen-bond donors (Lipinski definition) is 4. The molecule has 0 aromatic carbocycles. The molecule has 1 spiro atoms. The van der Waals surface area contributed by atoms with Crippen molar-refractivity contribution in [1.29, 1.82) is 0 Å². The molecule has 4 saturated carbocycles. The van der Waals surface area contributed by atoms with Crippen LogP contribution in [0.4, 0.5) is 0 Å². The van der Waals surface area contributed by atoms with Crippen molar-refractivity contribution < 1.29 is 25.2 Å². The summed E-state index contributed by atoms with van der Waals surface area (Å²) in [5.41, 5.74) is -3.80.